The molecular weight excluding hydrogens is 485 g/mol. The number of thiol groups is 1. The van der Waals surface area contributed by atoms with Crippen molar-refractivity contribution < 1.29 is 24.1 Å². The first kappa shape index (κ1) is 24.5. The third-order valence-corrected chi connectivity index (χ3v) is 6.57. The molecule has 0 bridgehead atoms. The molecule has 3 heterocycles. The molecule has 0 unspecified atom stereocenters. The second-order valence-corrected chi connectivity index (χ2v) is 8.79. The number of hydrogen-bond acceptors (Lipinski definition) is 9. The molecule has 178 valence electrons. The van der Waals surface area contributed by atoms with E-state index in [0.29, 0.717) is 16.8 Å². The lowest BCUT2D eigenvalue weighted by Crippen LogP contribution is -2.68. The Morgan fingerprint density at radius 3 is 2.82 bits per heavy atom. The Balaban J connectivity index is 2.02. The molecule has 2 N–H and O–H groups in total. The van der Waals surface area contributed by atoms with E-state index in [1.165, 1.54) is 36.3 Å². The quantitative estimate of drug-likeness (QED) is 0.450. The predicted octanol–water partition coefficient (Wildman–Crippen LogP) is 2.08. The van der Waals surface area contributed by atoms with Gasteiger partial charge in [0, 0.05) is 24.4 Å². The van der Waals surface area contributed by atoms with Crippen LogP contribution in [0, 0.1) is 24.1 Å². The van der Waals surface area contributed by atoms with Crippen molar-refractivity contribution in [1.82, 2.24) is 20.0 Å². The largest absolute Gasteiger partial charge is 0.394 e. The molecular formula is C22H21ClFN5O4S. The van der Waals surface area contributed by atoms with Crippen molar-refractivity contribution in [2.24, 2.45) is 0 Å². The number of aryl methyl sites for hydroxylation is 1. The van der Waals surface area contributed by atoms with E-state index in [0.717, 1.165) is 0 Å². The zero-order valence-corrected chi connectivity index (χ0v) is 19.8. The number of rotatable bonds is 5. The van der Waals surface area contributed by atoms with Gasteiger partial charge >= 0.3 is 0 Å². The number of nitriles is 1. The van der Waals surface area contributed by atoms with Crippen molar-refractivity contribution >= 4 is 24.2 Å². The van der Waals surface area contributed by atoms with Crippen LogP contribution in [0.3, 0.4) is 0 Å². The first-order valence-corrected chi connectivity index (χ1v) is 11.1. The summed E-state index contributed by atoms with van der Waals surface area (Å²) in [5.41, 5.74) is -1.30. The molecule has 34 heavy (non-hydrogen) atoms. The summed E-state index contributed by atoms with van der Waals surface area (Å²) in [4.78, 5) is 4.11. The van der Waals surface area contributed by atoms with Gasteiger partial charge in [0.15, 0.2) is 0 Å². The Kier molecular flexibility index (Phi) is 6.91. The Hall–Kier alpha value is -2.59. The Labute approximate surface area is 205 Å². The molecule has 1 fully saturated rings. The number of hydrogen-bond donors (Lipinski definition) is 3. The smallest absolute Gasteiger partial charge is 0.150 e. The molecule has 5 atom stereocenters. The molecule has 0 amide bonds. The monoisotopic (exact) mass is 505 g/mol. The minimum absolute atomic E-state index is 0.0527. The van der Waals surface area contributed by atoms with E-state index >= 15 is 0 Å². The fraction of sp³-hybridized carbons (Fsp3) is 0.364. The topological polar surface area (TPSA) is 126 Å². The van der Waals surface area contributed by atoms with Crippen LogP contribution in [0.25, 0.3) is 11.3 Å². The molecule has 1 aliphatic heterocycles. The van der Waals surface area contributed by atoms with E-state index < -0.39 is 41.7 Å². The molecule has 0 saturated carbocycles. The van der Waals surface area contributed by atoms with Crippen LogP contribution in [0.15, 0.2) is 36.7 Å². The van der Waals surface area contributed by atoms with Crippen LogP contribution in [0.2, 0.25) is 5.02 Å². The van der Waals surface area contributed by atoms with Gasteiger partial charge in [-0.2, -0.15) is 5.26 Å². The summed E-state index contributed by atoms with van der Waals surface area (Å²) in [5.74, 6) is -0.413. The highest BCUT2D eigenvalue weighted by Crippen LogP contribution is 2.45. The van der Waals surface area contributed by atoms with E-state index in [4.69, 9.17) is 21.1 Å². The van der Waals surface area contributed by atoms with Gasteiger partial charge in [0.25, 0.3) is 0 Å². The highest BCUT2D eigenvalue weighted by Gasteiger charge is 2.60. The fourth-order valence-electron chi connectivity index (χ4n) is 4.30. The average molecular weight is 506 g/mol. The van der Waals surface area contributed by atoms with E-state index in [1.54, 1.807) is 19.1 Å². The molecule has 0 spiro atoms. The predicted molar refractivity (Wildman–Crippen MR) is 123 cm³/mol. The van der Waals surface area contributed by atoms with Crippen molar-refractivity contribution in [2.45, 2.75) is 36.2 Å². The maximum atomic E-state index is 14.2. The molecule has 3 aromatic rings. The van der Waals surface area contributed by atoms with Gasteiger partial charge < -0.3 is 19.7 Å². The van der Waals surface area contributed by atoms with Crippen molar-refractivity contribution in [1.29, 1.82) is 5.26 Å². The standard InChI is InChI=1S/C22H21ClFN5O4S/c1-11-3-4-12(5-15(11)24)17-9-29(28-27-17)22(14-6-13(23)8-26-16(14)7-25)19(31)18(10-30)33-21(34)20(22)32-2/h3-6,8-9,18-21,30-31,34H,10H2,1-2H3/t18-,19+,20+,21-,22+/m0/s1. The first-order chi connectivity index (χ1) is 16.3. The maximum Gasteiger partial charge on any atom is 0.150 e. The van der Waals surface area contributed by atoms with Crippen LogP contribution in [0.1, 0.15) is 16.8 Å². The summed E-state index contributed by atoms with van der Waals surface area (Å²) in [7, 11) is 1.38. The van der Waals surface area contributed by atoms with E-state index in [2.05, 4.69) is 27.9 Å². The summed E-state index contributed by atoms with van der Waals surface area (Å²) < 4.78 is 26.9. The first-order valence-electron chi connectivity index (χ1n) is 10.2. The van der Waals surface area contributed by atoms with E-state index in [9.17, 15) is 19.9 Å². The lowest BCUT2D eigenvalue weighted by Gasteiger charge is -2.51. The summed E-state index contributed by atoms with van der Waals surface area (Å²) in [6, 6.07) is 8.10. The molecule has 4 rings (SSSR count). The Morgan fingerprint density at radius 2 is 2.18 bits per heavy atom. The number of ether oxygens (including phenoxy) is 2. The van der Waals surface area contributed by atoms with Crippen LogP contribution >= 0.6 is 24.2 Å². The number of benzene rings is 1. The van der Waals surface area contributed by atoms with Crippen LogP contribution in [0.4, 0.5) is 4.39 Å². The van der Waals surface area contributed by atoms with Crippen molar-refractivity contribution in [3.8, 4) is 17.3 Å². The van der Waals surface area contributed by atoms with Gasteiger partial charge in [0.1, 0.15) is 52.6 Å². The highest BCUT2D eigenvalue weighted by atomic mass is 35.5. The van der Waals surface area contributed by atoms with Gasteiger partial charge in [-0.05, 0) is 24.6 Å². The number of aliphatic hydroxyl groups is 2. The lowest BCUT2D eigenvalue weighted by molar-refractivity contribution is -0.213. The number of nitrogens with zero attached hydrogens (tertiary/aromatic N) is 5. The van der Waals surface area contributed by atoms with Gasteiger partial charge in [0.05, 0.1) is 17.8 Å². The third-order valence-electron chi connectivity index (χ3n) is 5.98. The summed E-state index contributed by atoms with van der Waals surface area (Å²) in [6.45, 7) is 1.08. The molecule has 1 aliphatic rings. The van der Waals surface area contributed by atoms with Crippen molar-refractivity contribution in [2.75, 3.05) is 13.7 Å². The Morgan fingerprint density at radius 1 is 1.41 bits per heavy atom. The van der Waals surface area contributed by atoms with Crippen molar-refractivity contribution in [3.05, 3.63) is 64.3 Å². The molecule has 2 aromatic heterocycles. The van der Waals surface area contributed by atoms with Gasteiger partial charge in [-0.1, -0.05) is 28.9 Å². The Bertz CT molecular complexity index is 1250. The molecule has 0 radical (unpaired) electrons. The number of halogens is 2. The molecule has 1 saturated heterocycles. The van der Waals surface area contributed by atoms with E-state index in [1.807, 2.05) is 6.07 Å². The number of pyridine rings is 1. The second kappa shape index (κ2) is 9.58. The molecule has 12 heteroatoms. The molecule has 0 aliphatic carbocycles. The fourth-order valence-corrected chi connectivity index (χ4v) is 4.96. The number of methoxy groups -OCH3 is 1. The zero-order chi connectivity index (χ0) is 24.6. The van der Waals surface area contributed by atoms with E-state index in [-0.39, 0.29) is 16.3 Å². The van der Waals surface area contributed by atoms with Crippen LogP contribution in [-0.2, 0) is 15.0 Å². The SMILES string of the molecule is CO[C@@H]1[C@H](S)O[C@@H](CO)[C@@H](O)[C@@]1(c1cc(Cl)cnc1C#N)n1cc(-c2ccc(C)c(F)c2)nn1. The second-order valence-electron chi connectivity index (χ2n) is 7.85. The third kappa shape index (κ3) is 3.86. The number of aromatic nitrogens is 4. The van der Waals surface area contributed by atoms with Crippen LogP contribution in [0.5, 0.6) is 0 Å². The molecule has 1 aromatic carbocycles. The lowest BCUT2D eigenvalue weighted by atomic mass is 9.75. The summed E-state index contributed by atoms with van der Waals surface area (Å²) in [6.07, 6.45) is -0.868. The average Bonchev–Trinajstić information content (AvgIpc) is 3.32. The summed E-state index contributed by atoms with van der Waals surface area (Å²) in [5, 5.41) is 39.9. The summed E-state index contributed by atoms with van der Waals surface area (Å²) >= 11 is 10.7. The highest BCUT2D eigenvalue weighted by molar-refractivity contribution is 7.80. The van der Waals surface area contributed by atoms with Gasteiger partial charge in [-0.25, -0.2) is 14.1 Å². The van der Waals surface area contributed by atoms with Gasteiger partial charge in [0.2, 0.25) is 0 Å². The normalized spacial score (nSPS) is 26.9. The van der Waals surface area contributed by atoms with Gasteiger partial charge in [-0.15, -0.1) is 17.7 Å². The van der Waals surface area contributed by atoms with Crippen LogP contribution < -0.4 is 0 Å². The minimum atomic E-state index is -1.69. The molecule has 9 nitrogen and oxygen atoms in total. The van der Waals surface area contributed by atoms with Crippen molar-refractivity contribution in [3.63, 3.8) is 0 Å². The maximum absolute atomic E-state index is 14.2. The van der Waals surface area contributed by atoms with Crippen LogP contribution in [-0.4, -0.2) is 67.7 Å². The number of aliphatic hydroxyl groups excluding tert-OH is 2. The zero-order valence-electron chi connectivity index (χ0n) is 18.1. The minimum Gasteiger partial charge on any atom is -0.394 e. The van der Waals surface area contributed by atoms with Gasteiger partial charge in [-0.3, -0.25) is 0 Å².